The summed E-state index contributed by atoms with van der Waals surface area (Å²) < 4.78 is 5.49. The van der Waals surface area contributed by atoms with Crippen LogP contribution in [0, 0.1) is 0 Å². The summed E-state index contributed by atoms with van der Waals surface area (Å²) in [6.45, 7) is 1.48. The number of anilines is 2. The van der Waals surface area contributed by atoms with E-state index in [1.165, 1.54) is 0 Å². The summed E-state index contributed by atoms with van der Waals surface area (Å²) in [5.74, 6) is 2.49. The van der Waals surface area contributed by atoms with Gasteiger partial charge in [0, 0.05) is 40.7 Å². The molecule has 1 aromatic heterocycles. The predicted molar refractivity (Wildman–Crippen MR) is 116 cm³/mol. The van der Waals surface area contributed by atoms with E-state index in [1.54, 1.807) is 7.11 Å². The first-order chi connectivity index (χ1) is 13.7. The summed E-state index contributed by atoms with van der Waals surface area (Å²) in [7, 11) is 1.61. The zero-order valence-corrected chi connectivity index (χ0v) is 17.0. The second-order valence-electron chi connectivity index (χ2n) is 6.45. The van der Waals surface area contributed by atoms with Crippen molar-refractivity contribution in [3.8, 4) is 5.75 Å². The Bertz CT molecular complexity index is 1020. The topological polar surface area (TPSA) is 54.5 Å². The third kappa shape index (κ3) is 3.88. The second-order valence-corrected chi connectivity index (χ2v) is 8.11. The van der Waals surface area contributed by atoms with Crippen molar-refractivity contribution < 1.29 is 9.53 Å². The zero-order valence-electron chi connectivity index (χ0n) is 15.4. The van der Waals surface area contributed by atoms with Gasteiger partial charge in [-0.1, -0.05) is 29.8 Å². The molecule has 1 amide bonds. The van der Waals surface area contributed by atoms with Gasteiger partial charge in [0.1, 0.15) is 17.0 Å². The quantitative estimate of drug-likeness (QED) is 0.663. The Kier molecular flexibility index (Phi) is 5.59. The molecular formula is C21H20ClN3O2S. The van der Waals surface area contributed by atoms with E-state index in [-0.39, 0.29) is 5.91 Å². The lowest BCUT2D eigenvalue weighted by molar-refractivity contribution is 0.0767. The molecule has 2 heterocycles. The minimum atomic E-state index is -0.0535. The smallest absolute Gasteiger partial charge is 0.272 e. The molecule has 4 rings (SSSR count). The van der Waals surface area contributed by atoms with Crippen LogP contribution in [-0.4, -0.2) is 47.5 Å². The minimum absolute atomic E-state index is 0.0535. The van der Waals surface area contributed by atoms with Crippen LogP contribution in [0.4, 0.5) is 11.4 Å². The summed E-state index contributed by atoms with van der Waals surface area (Å²) in [4.78, 5) is 19.6. The number of nitrogens with one attached hydrogen (secondary N) is 1. The number of halogens is 1. The van der Waals surface area contributed by atoms with E-state index >= 15 is 0 Å². The molecular weight excluding hydrogens is 394 g/mol. The molecule has 28 heavy (non-hydrogen) atoms. The normalized spacial score (nSPS) is 14.1. The predicted octanol–water partition coefficient (Wildman–Crippen LogP) is 4.83. The van der Waals surface area contributed by atoms with Crippen LogP contribution in [0.1, 0.15) is 10.5 Å². The van der Waals surface area contributed by atoms with Crippen molar-refractivity contribution >= 4 is 51.5 Å². The van der Waals surface area contributed by atoms with Crippen molar-refractivity contribution in [1.29, 1.82) is 0 Å². The maximum atomic E-state index is 13.1. The van der Waals surface area contributed by atoms with Gasteiger partial charge in [0.05, 0.1) is 12.8 Å². The number of methoxy groups -OCH3 is 1. The standard InChI is InChI=1S/C21H20ClN3O2S/c1-27-19-7-3-6-16-17(23-15-5-2-4-14(22)12-15)13-18(24-20(16)19)21(26)25-8-10-28-11-9-25/h2-7,12-13H,8-11H2,1H3,(H,23,24). The molecule has 7 heteroatoms. The largest absolute Gasteiger partial charge is 0.494 e. The fourth-order valence-electron chi connectivity index (χ4n) is 3.25. The number of amides is 1. The Hall–Kier alpha value is -2.44. The van der Waals surface area contributed by atoms with Crippen LogP contribution in [0.15, 0.2) is 48.5 Å². The zero-order chi connectivity index (χ0) is 19.5. The van der Waals surface area contributed by atoms with Crippen molar-refractivity contribution in [3.63, 3.8) is 0 Å². The van der Waals surface area contributed by atoms with Gasteiger partial charge in [0.25, 0.3) is 5.91 Å². The Morgan fingerprint density at radius 3 is 2.71 bits per heavy atom. The highest BCUT2D eigenvalue weighted by atomic mass is 35.5. The summed E-state index contributed by atoms with van der Waals surface area (Å²) in [5.41, 5.74) is 2.71. The number of aromatic nitrogens is 1. The Labute approximate surface area is 173 Å². The van der Waals surface area contributed by atoms with Crippen LogP contribution >= 0.6 is 23.4 Å². The number of para-hydroxylation sites is 1. The van der Waals surface area contributed by atoms with Gasteiger partial charge >= 0.3 is 0 Å². The van der Waals surface area contributed by atoms with Crippen molar-refractivity contribution in [2.24, 2.45) is 0 Å². The highest BCUT2D eigenvalue weighted by Gasteiger charge is 2.22. The average Bonchev–Trinajstić information content (AvgIpc) is 2.73. The second kappa shape index (κ2) is 8.29. The maximum absolute atomic E-state index is 13.1. The van der Waals surface area contributed by atoms with Crippen molar-refractivity contribution in [3.05, 3.63) is 59.2 Å². The van der Waals surface area contributed by atoms with E-state index in [0.29, 0.717) is 22.0 Å². The molecule has 0 unspecified atom stereocenters. The molecule has 0 aliphatic carbocycles. The van der Waals surface area contributed by atoms with Gasteiger partial charge in [-0.2, -0.15) is 11.8 Å². The molecule has 0 spiro atoms. The lowest BCUT2D eigenvalue weighted by Gasteiger charge is -2.26. The van der Waals surface area contributed by atoms with Crippen LogP contribution in [0.3, 0.4) is 0 Å². The Morgan fingerprint density at radius 1 is 1.18 bits per heavy atom. The first kappa shape index (κ1) is 18.9. The highest BCUT2D eigenvalue weighted by Crippen LogP contribution is 2.32. The molecule has 0 atom stereocenters. The van der Waals surface area contributed by atoms with E-state index in [2.05, 4.69) is 10.3 Å². The fraction of sp³-hybridized carbons (Fsp3) is 0.238. The van der Waals surface area contributed by atoms with E-state index in [9.17, 15) is 4.79 Å². The van der Waals surface area contributed by atoms with Gasteiger partial charge in [-0.15, -0.1) is 0 Å². The number of ether oxygens (including phenoxy) is 1. The molecule has 2 aromatic carbocycles. The van der Waals surface area contributed by atoms with Crippen LogP contribution in [0.25, 0.3) is 10.9 Å². The van der Waals surface area contributed by atoms with Crippen molar-refractivity contribution in [2.75, 3.05) is 37.0 Å². The molecule has 1 N–H and O–H groups in total. The molecule has 5 nitrogen and oxygen atoms in total. The van der Waals surface area contributed by atoms with Crippen LogP contribution in [-0.2, 0) is 0 Å². The first-order valence-corrected chi connectivity index (χ1v) is 10.6. The van der Waals surface area contributed by atoms with Gasteiger partial charge in [0.15, 0.2) is 0 Å². The van der Waals surface area contributed by atoms with Gasteiger partial charge < -0.3 is 15.0 Å². The number of benzene rings is 2. The van der Waals surface area contributed by atoms with Gasteiger partial charge in [-0.3, -0.25) is 4.79 Å². The lowest BCUT2D eigenvalue weighted by atomic mass is 10.1. The van der Waals surface area contributed by atoms with Crippen LogP contribution in [0.5, 0.6) is 5.75 Å². The number of carbonyl (C=O) groups excluding carboxylic acids is 1. The molecule has 1 fully saturated rings. The van der Waals surface area contributed by atoms with Crippen molar-refractivity contribution in [2.45, 2.75) is 0 Å². The third-order valence-corrected chi connectivity index (χ3v) is 5.82. The molecule has 3 aromatic rings. The van der Waals surface area contributed by atoms with Crippen molar-refractivity contribution in [1.82, 2.24) is 9.88 Å². The third-order valence-electron chi connectivity index (χ3n) is 4.64. The Balaban J connectivity index is 1.81. The summed E-state index contributed by atoms with van der Waals surface area (Å²) in [6, 6.07) is 15.0. The Morgan fingerprint density at radius 2 is 1.96 bits per heavy atom. The number of hydrogen-bond donors (Lipinski definition) is 1. The molecule has 0 radical (unpaired) electrons. The summed E-state index contributed by atoms with van der Waals surface area (Å²) >= 11 is 7.99. The van der Waals surface area contributed by atoms with E-state index in [1.807, 2.05) is 65.2 Å². The average molecular weight is 414 g/mol. The first-order valence-electron chi connectivity index (χ1n) is 9.03. The molecule has 1 aliphatic heterocycles. The number of nitrogens with zero attached hydrogens (tertiary/aromatic N) is 2. The number of pyridine rings is 1. The molecule has 0 bridgehead atoms. The minimum Gasteiger partial charge on any atom is -0.494 e. The van der Waals surface area contributed by atoms with E-state index in [4.69, 9.17) is 16.3 Å². The summed E-state index contributed by atoms with van der Waals surface area (Å²) in [5, 5.41) is 4.90. The van der Waals surface area contributed by atoms with Gasteiger partial charge in [-0.05, 0) is 30.3 Å². The van der Waals surface area contributed by atoms with E-state index in [0.717, 1.165) is 41.4 Å². The lowest BCUT2D eigenvalue weighted by Crippen LogP contribution is -2.38. The van der Waals surface area contributed by atoms with Gasteiger partial charge in [-0.25, -0.2) is 4.98 Å². The molecule has 0 saturated carbocycles. The number of carbonyl (C=O) groups is 1. The SMILES string of the molecule is COc1cccc2c(Nc3cccc(Cl)c3)cc(C(=O)N3CCSCC3)nc12. The number of rotatable bonds is 4. The monoisotopic (exact) mass is 413 g/mol. The van der Waals surface area contributed by atoms with E-state index < -0.39 is 0 Å². The maximum Gasteiger partial charge on any atom is 0.272 e. The number of thioether (sulfide) groups is 1. The van der Waals surface area contributed by atoms with Gasteiger partial charge in [0.2, 0.25) is 0 Å². The number of hydrogen-bond acceptors (Lipinski definition) is 5. The molecule has 1 aliphatic rings. The van der Waals surface area contributed by atoms with Crippen LogP contribution in [0.2, 0.25) is 5.02 Å². The highest BCUT2D eigenvalue weighted by molar-refractivity contribution is 7.99. The molecule has 144 valence electrons. The summed E-state index contributed by atoms with van der Waals surface area (Å²) in [6.07, 6.45) is 0. The number of fused-ring (bicyclic) bond motifs is 1. The molecule has 1 saturated heterocycles. The van der Waals surface area contributed by atoms with Crippen LogP contribution < -0.4 is 10.1 Å². The fourth-order valence-corrected chi connectivity index (χ4v) is 4.34.